The van der Waals surface area contributed by atoms with Gasteiger partial charge in [-0.2, -0.15) is 0 Å². The third-order valence-corrected chi connectivity index (χ3v) is 4.65. The van der Waals surface area contributed by atoms with Crippen LogP contribution < -0.4 is 20.7 Å². The van der Waals surface area contributed by atoms with Gasteiger partial charge in [0.1, 0.15) is 5.75 Å². The van der Waals surface area contributed by atoms with Crippen LogP contribution in [0.15, 0.2) is 78.9 Å². The average molecular weight is 403 g/mol. The fourth-order valence-corrected chi connectivity index (χ4v) is 3.08. The van der Waals surface area contributed by atoms with E-state index in [2.05, 4.69) is 16.0 Å². The number of nitrogens with one attached hydrogen (secondary N) is 3. The molecule has 0 fully saturated rings. The molecule has 0 aliphatic heterocycles. The van der Waals surface area contributed by atoms with Gasteiger partial charge in [0.15, 0.2) is 0 Å². The smallest absolute Gasteiger partial charge is 0.257 e. The molecule has 3 rings (SSSR count). The van der Waals surface area contributed by atoms with Crippen LogP contribution in [0.4, 0.5) is 11.4 Å². The number of amides is 2. The highest BCUT2D eigenvalue weighted by atomic mass is 16.5. The molecule has 154 valence electrons. The molecule has 1 atom stereocenters. The van der Waals surface area contributed by atoms with Gasteiger partial charge >= 0.3 is 0 Å². The summed E-state index contributed by atoms with van der Waals surface area (Å²) in [5.74, 6) is 0.241. The Bertz CT molecular complexity index is 1010. The molecule has 0 saturated carbocycles. The lowest BCUT2D eigenvalue weighted by molar-refractivity contribution is -0.115. The molecule has 0 bridgehead atoms. The van der Waals surface area contributed by atoms with E-state index < -0.39 is 0 Å². The van der Waals surface area contributed by atoms with Gasteiger partial charge in [0.25, 0.3) is 5.91 Å². The van der Waals surface area contributed by atoms with Crippen molar-refractivity contribution in [3.63, 3.8) is 0 Å². The zero-order valence-corrected chi connectivity index (χ0v) is 17.0. The second-order valence-electron chi connectivity index (χ2n) is 6.76. The van der Waals surface area contributed by atoms with Crippen molar-refractivity contribution in [1.82, 2.24) is 5.32 Å². The van der Waals surface area contributed by atoms with Gasteiger partial charge in [-0.05, 0) is 37.3 Å². The normalized spacial score (nSPS) is 11.4. The molecule has 0 unspecified atom stereocenters. The van der Waals surface area contributed by atoms with E-state index in [1.807, 2.05) is 61.5 Å². The van der Waals surface area contributed by atoms with Crippen molar-refractivity contribution in [2.75, 3.05) is 24.3 Å². The molecule has 0 radical (unpaired) electrons. The number of carbonyl (C=O) groups is 2. The molecule has 2 amide bonds. The molecule has 6 heteroatoms. The van der Waals surface area contributed by atoms with Crippen LogP contribution in [0.25, 0.3) is 0 Å². The number of para-hydroxylation sites is 3. The van der Waals surface area contributed by atoms with Crippen LogP contribution in [-0.2, 0) is 4.79 Å². The summed E-state index contributed by atoms with van der Waals surface area (Å²) in [6, 6.07) is 23.7. The SMILES string of the molecule is COc1ccccc1[C@H](C)NCC(=O)Nc1ccccc1C(=O)Nc1ccccc1. The van der Waals surface area contributed by atoms with E-state index in [0.29, 0.717) is 16.9 Å². The third-order valence-electron chi connectivity index (χ3n) is 4.65. The number of hydrogen-bond acceptors (Lipinski definition) is 4. The summed E-state index contributed by atoms with van der Waals surface area (Å²) >= 11 is 0. The van der Waals surface area contributed by atoms with E-state index in [0.717, 1.165) is 11.3 Å². The Hall–Kier alpha value is -3.64. The Morgan fingerprint density at radius 3 is 2.30 bits per heavy atom. The number of ether oxygens (including phenoxy) is 1. The first-order valence-electron chi connectivity index (χ1n) is 9.70. The quantitative estimate of drug-likeness (QED) is 0.526. The van der Waals surface area contributed by atoms with Crippen LogP contribution in [0.2, 0.25) is 0 Å². The maximum absolute atomic E-state index is 12.6. The van der Waals surface area contributed by atoms with Crippen LogP contribution in [0.3, 0.4) is 0 Å². The lowest BCUT2D eigenvalue weighted by atomic mass is 10.1. The predicted molar refractivity (Wildman–Crippen MR) is 119 cm³/mol. The van der Waals surface area contributed by atoms with Crippen molar-refractivity contribution in [2.24, 2.45) is 0 Å². The van der Waals surface area contributed by atoms with Crippen molar-refractivity contribution >= 4 is 23.2 Å². The Morgan fingerprint density at radius 1 is 0.867 bits per heavy atom. The van der Waals surface area contributed by atoms with Crippen LogP contribution in [0, 0.1) is 0 Å². The first-order valence-corrected chi connectivity index (χ1v) is 9.70. The molecule has 3 aromatic rings. The highest BCUT2D eigenvalue weighted by Gasteiger charge is 2.15. The van der Waals surface area contributed by atoms with Gasteiger partial charge in [-0.25, -0.2) is 0 Å². The van der Waals surface area contributed by atoms with E-state index in [1.165, 1.54) is 0 Å². The summed E-state index contributed by atoms with van der Waals surface area (Å²) in [5, 5.41) is 8.85. The van der Waals surface area contributed by atoms with Gasteiger partial charge < -0.3 is 20.7 Å². The third kappa shape index (κ3) is 5.46. The van der Waals surface area contributed by atoms with Crippen molar-refractivity contribution in [1.29, 1.82) is 0 Å². The minimum Gasteiger partial charge on any atom is -0.496 e. The molecule has 0 saturated heterocycles. The maximum Gasteiger partial charge on any atom is 0.257 e. The Kier molecular flexibility index (Phi) is 7.19. The van der Waals surface area contributed by atoms with Gasteiger partial charge in [0.05, 0.1) is 24.9 Å². The Morgan fingerprint density at radius 2 is 1.53 bits per heavy atom. The predicted octanol–water partition coefficient (Wildman–Crippen LogP) is 4.24. The summed E-state index contributed by atoms with van der Waals surface area (Å²) in [7, 11) is 1.62. The second-order valence-corrected chi connectivity index (χ2v) is 6.76. The van der Waals surface area contributed by atoms with E-state index in [1.54, 1.807) is 31.4 Å². The number of rotatable bonds is 8. The van der Waals surface area contributed by atoms with Crippen molar-refractivity contribution in [3.05, 3.63) is 90.0 Å². The standard InChI is InChI=1S/C24H25N3O3/c1-17(19-12-7-9-15-22(19)30-2)25-16-23(28)27-21-14-8-6-13-20(21)24(29)26-18-10-4-3-5-11-18/h3-15,17,25H,16H2,1-2H3,(H,26,29)(H,27,28)/t17-/m0/s1. The number of benzene rings is 3. The zero-order valence-electron chi connectivity index (χ0n) is 17.0. The summed E-state index contributed by atoms with van der Waals surface area (Å²) in [6.45, 7) is 2.06. The number of carbonyl (C=O) groups excluding carboxylic acids is 2. The van der Waals surface area contributed by atoms with E-state index in [-0.39, 0.29) is 24.4 Å². The van der Waals surface area contributed by atoms with Gasteiger partial charge in [-0.15, -0.1) is 0 Å². The zero-order chi connectivity index (χ0) is 21.3. The van der Waals surface area contributed by atoms with Gasteiger partial charge in [0.2, 0.25) is 5.91 Å². The molecule has 3 aromatic carbocycles. The topological polar surface area (TPSA) is 79.5 Å². The minimum absolute atomic E-state index is 0.0801. The van der Waals surface area contributed by atoms with Crippen LogP contribution in [-0.4, -0.2) is 25.5 Å². The highest BCUT2D eigenvalue weighted by molar-refractivity contribution is 6.10. The monoisotopic (exact) mass is 403 g/mol. The fraction of sp³-hybridized carbons (Fsp3) is 0.167. The summed E-state index contributed by atoms with van der Waals surface area (Å²) in [5.41, 5.74) is 2.52. The maximum atomic E-state index is 12.6. The van der Waals surface area contributed by atoms with E-state index in [4.69, 9.17) is 4.74 Å². The molecule has 0 aliphatic carbocycles. The minimum atomic E-state index is -0.285. The number of hydrogen-bond donors (Lipinski definition) is 3. The largest absolute Gasteiger partial charge is 0.496 e. The molecule has 0 aromatic heterocycles. The van der Waals surface area contributed by atoms with Crippen molar-refractivity contribution in [3.8, 4) is 5.75 Å². The van der Waals surface area contributed by atoms with Gasteiger partial charge in [-0.3, -0.25) is 9.59 Å². The van der Waals surface area contributed by atoms with E-state index >= 15 is 0 Å². The Labute approximate surface area is 176 Å². The van der Waals surface area contributed by atoms with Crippen LogP contribution >= 0.6 is 0 Å². The lowest BCUT2D eigenvalue weighted by Gasteiger charge is -2.17. The summed E-state index contributed by atoms with van der Waals surface area (Å²) in [6.07, 6.45) is 0. The Balaban J connectivity index is 1.62. The number of methoxy groups -OCH3 is 1. The molecular weight excluding hydrogens is 378 g/mol. The summed E-state index contributed by atoms with van der Waals surface area (Å²) in [4.78, 5) is 25.1. The van der Waals surface area contributed by atoms with Gasteiger partial charge in [-0.1, -0.05) is 48.5 Å². The highest BCUT2D eigenvalue weighted by Crippen LogP contribution is 2.24. The fourth-order valence-electron chi connectivity index (χ4n) is 3.08. The molecule has 0 spiro atoms. The molecule has 0 aliphatic rings. The molecule has 3 N–H and O–H groups in total. The number of anilines is 2. The molecule has 30 heavy (non-hydrogen) atoms. The lowest BCUT2D eigenvalue weighted by Crippen LogP contribution is -2.31. The molecular formula is C24H25N3O3. The van der Waals surface area contributed by atoms with E-state index in [9.17, 15) is 9.59 Å². The molecule has 6 nitrogen and oxygen atoms in total. The average Bonchev–Trinajstić information content (AvgIpc) is 2.78. The summed E-state index contributed by atoms with van der Waals surface area (Å²) < 4.78 is 5.37. The first-order chi connectivity index (χ1) is 14.6. The van der Waals surface area contributed by atoms with Crippen LogP contribution in [0.5, 0.6) is 5.75 Å². The molecule has 0 heterocycles. The van der Waals surface area contributed by atoms with Crippen molar-refractivity contribution in [2.45, 2.75) is 13.0 Å². The second kappa shape index (κ2) is 10.2. The van der Waals surface area contributed by atoms with Crippen LogP contribution in [0.1, 0.15) is 28.9 Å². The van der Waals surface area contributed by atoms with Crippen molar-refractivity contribution < 1.29 is 14.3 Å². The first kappa shape index (κ1) is 21.1. The van der Waals surface area contributed by atoms with Gasteiger partial charge in [0, 0.05) is 17.3 Å².